The average Bonchev–Trinajstić information content (AvgIpc) is 3.07. The quantitative estimate of drug-likeness (QED) is 0.842. The highest BCUT2D eigenvalue weighted by molar-refractivity contribution is 6.05. The molecule has 1 aliphatic rings. The van der Waals surface area contributed by atoms with Gasteiger partial charge in [-0.15, -0.1) is 0 Å². The van der Waals surface area contributed by atoms with Crippen molar-refractivity contribution in [1.29, 1.82) is 0 Å². The third-order valence-corrected chi connectivity index (χ3v) is 4.95. The lowest BCUT2D eigenvalue weighted by Crippen LogP contribution is -2.43. The highest BCUT2D eigenvalue weighted by Gasteiger charge is 2.29. The van der Waals surface area contributed by atoms with Crippen molar-refractivity contribution in [2.75, 3.05) is 16.8 Å². The van der Waals surface area contributed by atoms with Crippen LogP contribution in [0.2, 0.25) is 0 Å². The lowest BCUT2D eigenvalue weighted by molar-refractivity contribution is 0.0910. The van der Waals surface area contributed by atoms with Crippen LogP contribution in [0.5, 0.6) is 0 Å². The molecular weight excluding hydrogens is 345 g/mol. The largest absolute Gasteiger partial charge is 0.347 e. The summed E-state index contributed by atoms with van der Waals surface area (Å²) in [6.07, 6.45) is 1.43. The van der Waals surface area contributed by atoms with Gasteiger partial charge in [-0.25, -0.2) is 9.18 Å². The molecule has 5 nitrogen and oxygen atoms in total. The van der Waals surface area contributed by atoms with E-state index in [0.29, 0.717) is 24.2 Å². The van der Waals surface area contributed by atoms with Gasteiger partial charge < -0.3 is 10.6 Å². The molecule has 0 radical (unpaired) electrons. The maximum absolute atomic E-state index is 13.0. The van der Waals surface area contributed by atoms with E-state index in [-0.39, 0.29) is 23.3 Å². The SMILES string of the molecule is CCC(C)(C)NC(=O)c1cccc2c1CCN2C(=O)Nc1ccc(F)cc1. The Morgan fingerprint density at radius 1 is 1.15 bits per heavy atom. The van der Waals surface area contributed by atoms with Gasteiger partial charge in [-0.2, -0.15) is 0 Å². The van der Waals surface area contributed by atoms with Crippen molar-refractivity contribution in [1.82, 2.24) is 5.32 Å². The zero-order chi connectivity index (χ0) is 19.6. The Morgan fingerprint density at radius 2 is 1.85 bits per heavy atom. The first-order valence-corrected chi connectivity index (χ1v) is 9.09. The van der Waals surface area contributed by atoms with E-state index in [2.05, 4.69) is 10.6 Å². The van der Waals surface area contributed by atoms with E-state index in [4.69, 9.17) is 0 Å². The van der Waals surface area contributed by atoms with E-state index >= 15 is 0 Å². The Kier molecular flexibility index (Phi) is 5.17. The summed E-state index contributed by atoms with van der Waals surface area (Å²) in [5.74, 6) is -0.482. The Balaban J connectivity index is 1.80. The Hall–Kier alpha value is -2.89. The second kappa shape index (κ2) is 7.39. The number of nitrogens with zero attached hydrogens (tertiary/aromatic N) is 1. The van der Waals surface area contributed by atoms with Crippen molar-refractivity contribution in [2.24, 2.45) is 0 Å². The van der Waals surface area contributed by atoms with Gasteiger partial charge in [-0.05, 0) is 68.7 Å². The molecule has 3 rings (SSSR count). The van der Waals surface area contributed by atoms with Gasteiger partial charge in [0.25, 0.3) is 5.91 Å². The number of amides is 3. The number of anilines is 2. The number of rotatable bonds is 4. The van der Waals surface area contributed by atoms with Crippen LogP contribution in [0.25, 0.3) is 0 Å². The second-order valence-corrected chi connectivity index (χ2v) is 7.33. The molecule has 2 N–H and O–H groups in total. The smallest absolute Gasteiger partial charge is 0.326 e. The second-order valence-electron chi connectivity index (χ2n) is 7.33. The van der Waals surface area contributed by atoms with Crippen LogP contribution in [0.4, 0.5) is 20.6 Å². The fraction of sp³-hybridized carbons (Fsp3) is 0.333. The Bertz CT molecular complexity index is 862. The monoisotopic (exact) mass is 369 g/mol. The number of hydrogen-bond donors (Lipinski definition) is 2. The molecule has 142 valence electrons. The first-order chi connectivity index (χ1) is 12.8. The van der Waals surface area contributed by atoms with Crippen LogP contribution in [0.1, 0.15) is 43.1 Å². The molecule has 1 heterocycles. The maximum atomic E-state index is 13.0. The van der Waals surface area contributed by atoms with Gasteiger partial charge in [-0.1, -0.05) is 13.0 Å². The lowest BCUT2D eigenvalue weighted by atomic mass is 9.99. The number of carbonyl (C=O) groups is 2. The van der Waals surface area contributed by atoms with E-state index in [9.17, 15) is 14.0 Å². The summed E-state index contributed by atoms with van der Waals surface area (Å²) in [5, 5.41) is 5.82. The van der Waals surface area contributed by atoms with Crippen LogP contribution in [0.3, 0.4) is 0 Å². The molecule has 6 heteroatoms. The number of benzene rings is 2. The van der Waals surface area contributed by atoms with E-state index in [1.807, 2.05) is 26.8 Å². The molecule has 1 aliphatic heterocycles. The Labute approximate surface area is 158 Å². The molecule has 0 atom stereocenters. The van der Waals surface area contributed by atoms with Gasteiger partial charge in [0.15, 0.2) is 0 Å². The van der Waals surface area contributed by atoms with Crippen LogP contribution < -0.4 is 15.5 Å². The maximum Gasteiger partial charge on any atom is 0.326 e. The van der Waals surface area contributed by atoms with E-state index in [1.165, 1.54) is 24.3 Å². The van der Waals surface area contributed by atoms with Gasteiger partial charge in [-0.3, -0.25) is 9.69 Å². The number of urea groups is 1. The predicted molar refractivity (Wildman–Crippen MR) is 105 cm³/mol. The summed E-state index contributed by atoms with van der Waals surface area (Å²) in [4.78, 5) is 27.0. The minimum absolute atomic E-state index is 0.125. The first-order valence-electron chi connectivity index (χ1n) is 9.09. The molecule has 0 saturated carbocycles. The minimum atomic E-state index is -0.356. The van der Waals surface area contributed by atoms with Crippen LogP contribution >= 0.6 is 0 Å². The third kappa shape index (κ3) is 4.10. The van der Waals surface area contributed by atoms with Gasteiger partial charge in [0.05, 0.1) is 0 Å². The van der Waals surface area contributed by atoms with Gasteiger partial charge in [0, 0.05) is 29.0 Å². The Morgan fingerprint density at radius 3 is 2.52 bits per heavy atom. The van der Waals surface area contributed by atoms with E-state index in [1.54, 1.807) is 17.0 Å². The number of halogens is 1. The molecule has 0 aromatic heterocycles. The molecule has 0 aliphatic carbocycles. The molecule has 0 spiro atoms. The lowest BCUT2D eigenvalue weighted by Gasteiger charge is -2.25. The molecule has 3 amide bonds. The van der Waals surface area contributed by atoms with Crippen LogP contribution in [-0.4, -0.2) is 24.0 Å². The predicted octanol–water partition coefficient (Wildman–Crippen LogP) is 4.34. The number of carbonyl (C=O) groups excluding carboxylic acids is 2. The van der Waals surface area contributed by atoms with E-state index < -0.39 is 0 Å². The minimum Gasteiger partial charge on any atom is -0.347 e. The number of hydrogen-bond acceptors (Lipinski definition) is 2. The average molecular weight is 369 g/mol. The van der Waals surface area contributed by atoms with Crippen molar-refractivity contribution in [3.8, 4) is 0 Å². The molecule has 2 aromatic rings. The summed E-state index contributed by atoms with van der Waals surface area (Å²) in [6.45, 7) is 6.48. The zero-order valence-electron chi connectivity index (χ0n) is 15.8. The normalized spacial score (nSPS) is 13.3. The summed E-state index contributed by atoms with van der Waals surface area (Å²) in [7, 11) is 0. The van der Waals surface area contributed by atoms with Crippen molar-refractivity contribution in [2.45, 2.75) is 39.2 Å². The summed E-state index contributed by atoms with van der Waals surface area (Å²) in [6, 6.07) is 10.7. The standard InChI is InChI=1S/C21H24FN3O2/c1-4-21(2,3)24-19(26)17-6-5-7-18-16(17)12-13-25(18)20(27)23-15-10-8-14(22)9-11-15/h5-11H,4,12-13H2,1-3H3,(H,23,27)(H,24,26). The van der Waals surface area contributed by atoms with Crippen molar-refractivity contribution in [3.05, 3.63) is 59.4 Å². The van der Waals surface area contributed by atoms with Crippen LogP contribution in [-0.2, 0) is 6.42 Å². The first kappa shape index (κ1) is 18.9. The van der Waals surface area contributed by atoms with Crippen molar-refractivity contribution < 1.29 is 14.0 Å². The topological polar surface area (TPSA) is 61.4 Å². The van der Waals surface area contributed by atoms with Crippen LogP contribution in [0, 0.1) is 5.82 Å². The molecule has 27 heavy (non-hydrogen) atoms. The summed E-state index contributed by atoms with van der Waals surface area (Å²) in [5.41, 5.74) is 2.44. The molecule has 2 aromatic carbocycles. The summed E-state index contributed by atoms with van der Waals surface area (Å²) >= 11 is 0. The number of nitrogens with one attached hydrogen (secondary N) is 2. The molecular formula is C21H24FN3O2. The van der Waals surface area contributed by atoms with Gasteiger partial charge >= 0.3 is 6.03 Å². The zero-order valence-corrected chi connectivity index (χ0v) is 15.8. The third-order valence-electron chi connectivity index (χ3n) is 4.95. The molecule has 0 bridgehead atoms. The highest BCUT2D eigenvalue weighted by Crippen LogP contribution is 2.31. The number of fused-ring (bicyclic) bond motifs is 1. The van der Waals surface area contributed by atoms with Crippen molar-refractivity contribution >= 4 is 23.3 Å². The fourth-order valence-corrected chi connectivity index (χ4v) is 3.05. The molecule has 0 saturated heterocycles. The van der Waals surface area contributed by atoms with Gasteiger partial charge in [0.1, 0.15) is 5.82 Å². The highest BCUT2D eigenvalue weighted by atomic mass is 19.1. The van der Waals surface area contributed by atoms with E-state index in [0.717, 1.165) is 17.7 Å². The molecule has 0 unspecified atom stereocenters. The molecule has 0 fully saturated rings. The fourth-order valence-electron chi connectivity index (χ4n) is 3.05. The van der Waals surface area contributed by atoms with Crippen molar-refractivity contribution in [3.63, 3.8) is 0 Å². The van der Waals surface area contributed by atoms with Crippen LogP contribution in [0.15, 0.2) is 42.5 Å². The summed E-state index contributed by atoms with van der Waals surface area (Å²) < 4.78 is 13.0. The van der Waals surface area contributed by atoms with Gasteiger partial charge in [0.2, 0.25) is 0 Å².